The largest absolute Gasteiger partial charge is 0.465 e. The monoisotopic (exact) mass is 370 g/mol. The summed E-state index contributed by atoms with van der Waals surface area (Å²) in [4.78, 5) is 26.9. The van der Waals surface area contributed by atoms with Gasteiger partial charge in [-0.3, -0.25) is 14.8 Å². The number of H-pyrrole nitrogens is 1. The lowest BCUT2D eigenvalue weighted by Gasteiger charge is -2.36. The van der Waals surface area contributed by atoms with E-state index >= 15 is 0 Å². The van der Waals surface area contributed by atoms with E-state index in [1.165, 1.54) is 4.90 Å². The minimum atomic E-state index is -0.627. The van der Waals surface area contributed by atoms with Gasteiger partial charge in [0.25, 0.3) is 0 Å². The molecule has 2 aromatic heterocycles. The van der Waals surface area contributed by atoms with Gasteiger partial charge in [-0.05, 0) is 39.8 Å². The quantitative estimate of drug-likeness (QED) is 0.800. The first kappa shape index (κ1) is 17.4. The van der Waals surface area contributed by atoms with E-state index in [0.29, 0.717) is 22.8 Å². The number of hydrogen-bond acceptors (Lipinski definition) is 6. The van der Waals surface area contributed by atoms with Crippen molar-refractivity contribution in [1.29, 1.82) is 0 Å². The molecule has 2 aliphatic heterocycles. The molecule has 0 saturated heterocycles. The maximum absolute atomic E-state index is 13.0. The first-order valence-electron chi connectivity index (χ1n) is 8.84. The molecule has 1 atom stereocenters. The number of ether oxygens (including phenoxy) is 1. The number of ketones is 1. The number of nitrogens with zero attached hydrogens (tertiary/aromatic N) is 2. The molecule has 0 aromatic carbocycles. The van der Waals surface area contributed by atoms with Crippen molar-refractivity contribution in [3.63, 3.8) is 0 Å². The third-order valence-electron chi connectivity index (χ3n) is 4.55. The number of rotatable bonds is 1. The summed E-state index contributed by atoms with van der Waals surface area (Å²) in [7, 11) is 0. The third-order valence-corrected chi connectivity index (χ3v) is 4.55. The van der Waals surface area contributed by atoms with Gasteiger partial charge in [0.1, 0.15) is 17.1 Å². The average Bonchev–Trinajstić information content (AvgIpc) is 3.19. The topological polar surface area (TPSA) is 100 Å². The van der Waals surface area contributed by atoms with Crippen LogP contribution in [0.5, 0.6) is 0 Å². The second kappa shape index (κ2) is 6.00. The van der Waals surface area contributed by atoms with Gasteiger partial charge in [-0.15, -0.1) is 0 Å². The van der Waals surface area contributed by atoms with Gasteiger partial charge >= 0.3 is 6.09 Å². The van der Waals surface area contributed by atoms with E-state index < -0.39 is 11.7 Å². The summed E-state index contributed by atoms with van der Waals surface area (Å²) < 4.78 is 11.2. The fourth-order valence-corrected chi connectivity index (χ4v) is 3.48. The minimum Gasteiger partial charge on any atom is -0.465 e. The maximum Gasteiger partial charge on any atom is 0.411 e. The zero-order chi connectivity index (χ0) is 19.3. The van der Waals surface area contributed by atoms with Crippen molar-refractivity contribution < 1.29 is 18.7 Å². The standard InChI is InChI=1S/C19H22N4O4/c1-10-5-6-14(26-10)15-11-7-20-22-17(11)21-12-8-23(9-13(24)16(12)15)18(25)27-19(2,3)4/h5-7,15H,8-9H2,1-4H3,(H2,20,21,22). The molecular weight excluding hydrogens is 348 g/mol. The fraction of sp³-hybridized carbons (Fsp3) is 0.421. The molecule has 0 aliphatic carbocycles. The highest BCUT2D eigenvalue weighted by Gasteiger charge is 2.41. The number of fused-ring (bicyclic) bond motifs is 1. The van der Waals surface area contributed by atoms with Gasteiger partial charge in [0.15, 0.2) is 11.6 Å². The Morgan fingerprint density at radius 1 is 1.33 bits per heavy atom. The van der Waals surface area contributed by atoms with Gasteiger partial charge in [-0.1, -0.05) is 0 Å². The molecule has 0 saturated carbocycles. The summed E-state index contributed by atoms with van der Waals surface area (Å²) in [5.74, 6) is 1.60. The van der Waals surface area contributed by atoms with Crippen LogP contribution in [0.3, 0.4) is 0 Å². The molecule has 0 spiro atoms. The first-order valence-corrected chi connectivity index (χ1v) is 8.84. The second-order valence-corrected chi connectivity index (χ2v) is 7.85. The molecule has 1 amide bonds. The number of anilines is 1. The molecule has 4 rings (SSSR count). The lowest BCUT2D eigenvalue weighted by atomic mass is 9.82. The Morgan fingerprint density at radius 2 is 2.11 bits per heavy atom. The van der Waals surface area contributed by atoms with Crippen LogP contribution < -0.4 is 5.32 Å². The van der Waals surface area contributed by atoms with Crippen LogP contribution in [0.2, 0.25) is 0 Å². The summed E-state index contributed by atoms with van der Waals surface area (Å²) in [6, 6.07) is 3.75. The Bertz CT molecular complexity index is 947. The molecule has 8 nitrogen and oxygen atoms in total. The lowest BCUT2D eigenvalue weighted by Crippen LogP contribution is -2.47. The van der Waals surface area contributed by atoms with Gasteiger partial charge in [-0.2, -0.15) is 5.10 Å². The Morgan fingerprint density at radius 3 is 2.78 bits per heavy atom. The van der Waals surface area contributed by atoms with Crippen molar-refractivity contribution in [2.45, 2.75) is 39.2 Å². The smallest absolute Gasteiger partial charge is 0.411 e. The maximum atomic E-state index is 13.0. The van der Waals surface area contributed by atoms with Crippen molar-refractivity contribution >= 4 is 17.7 Å². The van der Waals surface area contributed by atoms with E-state index in [2.05, 4.69) is 15.5 Å². The van der Waals surface area contributed by atoms with Crippen molar-refractivity contribution in [2.24, 2.45) is 0 Å². The number of aromatic amines is 1. The number of aryl methyl sites for hydroxylation is 1. The highest BCUT2D eigenvalue weighted by Crippen LogP contribution is 2.43. The lowest BCUT2D eigenvalue weighted by molar-refractivity contribution is -0.117. The van der Waals surface area contributed by atoms with Crippen LogP contribution in [0, 0.1) is 6.92 Å². The van der Waals surface area contributed by atoms with Crippen LogP contribution in [0.4, 0.5) is 10.6 Å². The van der Waals surface area contributed by atoms with Crippen molar-refractivity contribution in [3.05, 3.63) is 46.7 Å². The Kier molecular flexibility index (Phi) is 3.87. The number of amides is 1. The molecular formula is C19H22N4O4. The Balaban J connectivity index is 1.71. The average molecular weight is 370 g/mol. The predicted octanol–water partition coefficient (Wildman–Crippen LogP) is 2.94. The number of furan rings is 1. The molecule has 4 heterocycles. The highest BCUT2D eigenvalue weighted by molar-refractivity contribution is 6.03. The van der Waals surface area contributed by atoms with E-state index in [1.807, 2.05) is 19.1 Å². The van der Waals surface area contributed by atoms with E-state index in [0.717, 1.165) is 11.3 Å². The number of Topliss-reactive ketones (excluding diaryl/α,β-unsaturated/α-hetero) is 1. The minimum absolute atomic E-state index is 0.0290. The molecule has 2 aromatic rings. The predicted molar refractivity (Wildman–Crippen MR) is 97.3 cm³/mol. The first-order chi connectivity index (χ1) is 12.7. The SMILES string of the molecule is Cc1ccc(C2C3=C(CN(C(=O)OC(C)(C)C)CC3=O)Nc3n[nH]cc32)o1. The molecule has 1 unspecified atom stereocenters. The van der Waals surface area contributed by atoms with Gasteiger partial charge in [-0.25, -0.2) is 4.79 Å². The van der Waals surface area contributed by atoms with E-state index in [4.69, 9.17) is 9.15 Å². The van der Waals surface area contributed by atoms with Gasteiger partial charge < -0.3 is 14.5 Å². The molecule has 0 radical (unpaired) electrons. The van der Waals surface area contributed by atoms with Crippen molar-refractivity contribution in [1.82, 2.24) is 15.1 Å². The Labute approximate surface area is 156 Å². The summed E-state index contributed by atoms with van der Waals surface area (Å²) in [5.41, 5.74) is 1.48. The zero-order valence-electron chi connectivity index (χ0n) is 15.8. The second-order valence-electron chi connectivity index (χ2n) is 7.85. The summed E-state index contributed by atoms with van der Waals surface area (Å²) in [6.07, 6.45) is 1.25. The van der Waals surface area contributed by atoms with Crippen LogP contribution in [0.1, 0.15) is 43.8 Å². The molecule has 142 valence electrons. The summed E-state index contributed by atoms with van der Waals surface area (Å²) >= 11 is 0. The number of aromatic nitrogens is 2. The van der Waals surface area contributed by atoms with Crippen molar-refractivity contribution in [2.75, 3.05) is 18.4 Å². The zero-order valence-corrected chi connectivity index (χ0v) is 15.8. The molecule has 2 aliphatic rings. The Hall–Kier alpha value is -3.03. The summed E-state index contributed by atoms with van der Waals surface area (Å²) in [6.45, 7) is 7.48. The van der Waals surface area contributed by atoms with E-state index in [-0.39, 0.29) is 24.8 Å². The molecule has 0 bridgehead atoms. The number of carbonyl (C=O) groups is 2. The molecule has 2 N–H and O–H groups in total. The van der Waals surface area contributed by atoms with Gasteiger partial charge in [0.05, 0.1) is 19.0 Å². The summed E-state index contributed by atoms with van der Waals surface area (Å²) in [5, 5.41) is 10.3. The van der Waals surface area contributed by atoms with Crippen LogP contribution in [0.15, 0.2) is 34.0 Å². The van der Waals surface area contributed by atoms with Crippen LogP contribution in [-0.2, 0) is 9.53 Å². The highest BCUT2D eigenvalue weighted by atomic mass is 16.6. The van der Waals surface area contributed by atoms with Crippen LogP contribution in [0.25, 0.3) is 0 Å². The van der Waals surface area contributed by atoms with Gasteiger partial charge in [0, 0.05) is 23.0 Å². The number of hydrogen-bond donors (Lipinski definition) is 2. The molecule has 8 heteroatoms. The van der Waals surface area contributed by atoms with E-state index in [9.17, 15) is 9.59 Å². The number of carbonyl (C=O) groups excluding carboxylic acids is 2. The van der Waals surface area contributed by atoms with Crippen molar-refractivity contribution in [3.8, 4) is 0 Å². The third kappa shape index (κ3) is 3.11. The van der Waals surface area contributed by atoms with Crippen LogP contribution >= 0.6 is 0 Å². The molecule has 0 fully saturated rings. The molecule has 27 heavy (non-hydrogen) atoms. The van der Waals surface area contributed by atoms with Crippen LogP contribution in [-0.4, -0.2) is 45.7 Å². The number of nitrogens with one attached hydrogen (secondary N) is 2. The van der Waals surface area contributed by atoms with E-state index in [1.54, 1.807) is 27.0 Å². The fourth-order valence-electron chi connectivity index (χ4n) is 3.48. The normalized spacial score (nSPS) is 19.5. The van der Waals surface area contributed by atoms with Gasteiger partial charge in [0.2, 0.25) is 0 Å².